The molecule has 32 heavy (non-hydrogen) atoms. The monoisotopic (exact) mass is 453 g/mol. The van der Waals surface area contributed by atoms with E-state index in [4.69, 9.17) is 9.47 Å². The number of amides is 1. The van der Waals surface area contributed by atoms with Crippen LogP contribution in [0.3, 0.4) is 0 Å². The van der Waals surface area contributed by atoms with E-state index in [-0.39, 0.29) is 5.82 Å². The molecule has 2 heterocycles. The lowest BCUT2D eigenvalue weighted by Gasteiger charge is -2.25. The van der Waals surface area contributed by atoms with Crippen molar-refractivity contribution >= 4 is 34.2 Å². The second-order valence-corrected chi connectivity index (χ2v) is 8.68. The third-order valence-electron chi connectivity index (χ3n) is 5.49. The minimum atomic E-state index is -0.567. The highest BCUT2D eigenvalue weighted by atomic mass is 32.1. The summed E-state index contributed by atoms with van der Waals surface area (Å²) in [6.45, 7) is 3.66. The first-order chi connectivity index (χ1) is 15.3. The van der Waals surface area contributed by atoms with Crippen molar-refractivity contribution in [1.29, 1.82) is 0 Å². The molecule has 0 spiro atoms. The highest BCUT2D eigenvalue weighted by Crippen LogP contribution is 2.34. The van der Waals surface area contributed by atoms with Crippen LogP contribution in [0.25, 0.3) is 0 Å². The number of carbonyl (C=O) groups excluding carboxylic acids is 3. The van der Waals surface area contributed by atoms with Gasteiger partial charge in [0.25, 0.3) is 5.91 Å². The first-order valence-corrected chi connectivity index (χ1v) is 10.7. The molecule has 0 fully saturated rings. The fourth-order valence-electron chi connectivity index (χ4n) is 3.64. The molecule has 6 nitrogen and oxygen atoms in total. The zero-order valence-corrected chi connectivity index (χ0v) is 18.5. The van der Waals surface area contributed by atoms with Gasteiger partial charge in [0.1, 0.15) is 16.9 Å². The van der Waals surface area contributed by atoms with E-state index in [1.165, 1.54) is 30.6 Å². The zero-order valence-electron chi connectivity index (χ0n) is 17.7. The predicted molar refractivity (Wildman–Crippen MR) is 118 cm³/mol. The Balaban J connectivity index is 1.61. The van der Waals surface area contributed by atoms with Crippen molar-refractivity contribution in [3.05, 3.63) is 86.5 Å². The number of halogens is 1. The van der Waals surface area contributed by atoms with Gasteiger partial charge in [0, 0.05) is 16.9 Å². The third kappa shape index (κ3) is 4.01. The number of carbonyl (C=O) groups is 3. The number of aryl methyl sites for hydroxylation is 1. The van der Waals surface area contributed by atoms with E-state index in [2.05, 4.69) is 5.32 Å². The van der Waals surface area contributed by atoms with Crippen molar-refractivity contribution < 1.29 is 28.2 Å². The van der Waals surface area contributed by atoms with Crippen LogP contribution in [0.4, 0.5) is 9.39 Å². The van der Waals surface area contributed by atoms with Crippen molar-refractivity contribution in [3.63, 3.8) is 0 Å². The standard InChI is InChI=1S/C24H20FNO5S/c1-12-13(2)32-22(20(12)24(29)30-3)26-21(27)15-6-9-18-16(10-15)11-19(31-23(18)28)14-4-7-17(25)8-5-14/h4-10,19H,11H2,1-3H3,(H,26,27). The second-order valence-electron chi connectivity index (χ2n) is 7.45. The number of benzene rings is 2. The molecule has 1 unspecified atom stereocenters. The van der Waals surface area contributed by atoms with Gasteiger partial charge < -0.3 is 14.8 Å². The molecule has 1 aliphatic heterocycles. The number of anilines is 1. The molecule has 2 aromatic carbocycles. The molecule has 0 aliphatic carbocycles. The number of thiophene rings is 1. The van der Waals surface area contributed by atoms with Crippen molar-refractivity contribution in [2.24, 2.45) is 0 Å². The SMILES string of the molecule is COC(=O)c1c(NC(=O)c2ccc3c(c2)CC(c2ccc(F)cc2)OC3=O)sc(C)c1C. The van der Waals surface area contributed by atoms with E-state index in [9.17, 15) is 18.8 Å². The molecule has 0 bridgehead atoms. The summed E-state index contributed by atoms with van der Waals surface area (Å²) in [6.07, 6.45) is -0.208. The quantitative estimate of drug-likeness (QED) is 0.563. The smallest absolute Gasteiger partial charge is 0.341 e. The summed E-state index contributed by atoms with van der Waals surface area (Å²) in [7, 11) is 1.29. The van der Waals surface area contributed by atoms with Crippen LogP contribution < -0.4 is 5.32 Å². The van der Waals surface area contributed by atoms with Crippen LogP contribution >= 0.6 is 11.3 Å². The van der Waals surface area contributed by atoms with Gasteiger partial charge in [-0.25, -0.2) is 14.0 Å². The lowest BCUT2D eigenvalue weighted by molar-refractivity contribution is 0.0252. The van der Waals surface area contributed by atoms with Crippen LogP contribution in [0.15, 0.2) is 42.5 Å². The molecule has 4 rings (SSSR count). The average molecular weight is 453 g/mol. The number of hydrogen-bond donors (Lipinski definition) is 1. The molecule has 8 heteroatoms. The van der Waals surface area contributed by atoms with Crippen LogP contribution in [-0.2, 0) is 15.9 Å². The number of fused-ring (bicyclic) bond motifs is 1. The number of nitrogens with one attached hydrogen (secondary N) is 1. The molecule has 3 aromatic rings. The van der Waals surface area contributed by atoms with Crippen molar-refractivity contribution in [1.82, 2.24) is 0 Å². The zero-order chi connectivity index (χ0) is 23.0. The lowest BCUT2D eigenvalue weighted by Crippen LogP contribution is -2.23. The van der Waals surface area contributed by atoms with E-state index in [1.54, 1.807) is 37.3 Å². The van der Waals surface area contributed by atoms with Gasteiger partial charge in [0.2, 0.25) is 0 Å². The van der Waals surface area contributed by atoms with Crippen LogP contribution in [0.1, 0.15) is 58.7 Å². The minimum Gasteiger partial charge on any atom is -0.465 e. The molecule has 0 radical (unpaired) electrons. The normalized spacial score (nSPS) is 15.0. The maximum absolute atomic E-state index is 13.2. The van der Waals surface area contributed by atoms with Crippen molar-refractivity contribution in [2.45, 2.75) is 26.4 Å². The highest BCUT2D eigenvalue weighted by Gasteiger charge is 2.29. The summed E-state index contributed by atoms with van der Waals surface area (Å²) >= 11 is 1.30. The first kappa shape index (κ1) is 21.7. The summed E-state index contributed by atoms with van der Waals surface area (Å²) in [4.78, 5) is 38.5. The molecular formula is C24H20FNO5S. The summed E-state index contributed by atoms with van der Waals surface area (Å²) in [5.74, 6) is -1.79. The molecule has 1 aliphatic rings. The number of cyclic esters (lactones) is 1. The fourth-order valence-corrected chi connectivity index (χ4v) is 4.68. The molecule has 0 saturated heterocycles. The van der Waals surface area contributed by atoms with Crippen molar-refractivity contribution in [3.8, 4) is 0 Å². The minimum absolute atomic E-state index is 0.335. The molecular weight excluding hydrogens is 433 g/mol. The van der Waals surface area contributed by atoms with Gasteiger partial charge in [0.15, 0.2) is 0 Å². The Bertz CT molecular complexity index is 1230. The Kier molecular flexibility index (Phi) is 5.80. The number of methoxy groups -OCH3 is 1. The van der Waals surface area contributed by atoms with Gasteiger partial charge in [-0.3, -0.25) is 4.79 Å². The Labute approximate surface area is 188 Å². The Morgan fingerprint density at radius 3 is 2.56 bits per heavy atom. The Morgan fingerprint density at radius 2 is 1.88 bits per heavy atom. The maximum Gasteiger partial charge on any atom is 0.341 e. The van der Waals surface area contributed by atoms with E-state index < -0.39 is 23.9 Å². The molecule has 0 saturated carbocycles. The number of ether oxygens (including phenoxy) is 2. The molecule has 1 atom stereocenters. The van der Waals surface area contributed by atoms with Crippen LogP contribution in [0, 0.1) is 19.7 Å². The second kappa shape index (κ2) is 8.55. The van der Waals surface area contributed by atoms with Crippen LogP contribution in [0.5, 0.6) is 0 Å². The summed E-state index contributed by atoms with van der Waals surface area (Å²) in [5, 5.41) is 3.21. The van der Waals surface area contributed by atoms with E-state index in [0.717, 1.165) is 10.4 Å². The number of rotatable bonds is 4. The first-order valence-electron chi connectivity index (χ1n) is 9.87. The lowest BCUT2D eigenvalue weighted by atomic mass is 9.93. The van der Waals surface area contributed by atoms with Gasteiger partial charge in [-0.2, -0.15) is 0 Å². The summed E-state index contributed by atoms with van der Waals surface area (Å²) in [6, 6.07) is 10.5. The molecule has 1 amide bonds. The van der Waals surface area contributed by atoms with Gasteiger partial charge in [-0.05, 0) is 60.9 Å². The molecule has 1 N–H and O–H groups in total. The maximum atomic E-state index is 13.2. The highest BCUT2D eigenvalue weighted by molar-refractivity contribution is 7.16. The van der Waals surface area contributed by atoms with Gasteiger partial charge in [0.05, 0.1) is 18.2 Å². The predicted octanol–water partition coefficient (Wildman–Crippen LogP) is 5.00. The molecule has 1 aromatic heterocycles. The Morgan fingerprint density at radius 1 is 1.16 bits per heavy atom. The number of esters is 2. The fraction of sp³-hybridized carbons (Fsp3) is 0.208. The van der Waals surface area contributed by atoms with Crippen molar-refractivity contribution in [2.75, 3.05) is 12.4 Å². The summed E-state index contributed by atoms with van der Waals surface area (Å²) in [5.41, 5.74) is 3.16. The topological polar surface area (TPSA) is 81.7 Å². The third-order valence-corrected chi connectivity index (χ3v) is 6.61. The van der Waals surface area contributed by atoms with E-state index >= 15 is 0 Å². The Hall–Kier alpha value is -3.52. The van der Waals surface area contributed by atoms with E-state index in [1.807, 2.05) is 6.92 Å². The van der Waals surface area contributed by atoms with Gasteiger partial charge in [-0.15, -0.1) is 11.3 Å². The van der Waals surface area contributed by atoms with E-state index in [0.29, 0.717) is 39.2 Å². The van der Waals surface area contributed by atoms with Gasteiger partial charge in [-0.1, -0.05) is 12.1 Å². The molecule has 164 valence electrons. The summed E-state index contributed by atoms with van der Waals surface area (Å²) < 4.78 is 23.6. The van der Waals surface area contributed by atoms with Crippen LogP contribution in [-0.4, -0.2) is 25.0 Å². The average Bonchev–Trinajstić information content (AvgIpc) is 3.06. The number of hydrogen-bond acceptors (Lipinski definition) is 6. The van der Waals surface area contributed by atoms with Crippen LogP contribution in [0.2, 0.25) is 0 Å². The van der Waals surface area contributed by atoms with Gasteiger partial charge >= 0.3 is 11.9 Å². The largest absolute Gasteiger partial charge is 0.465 e.